The number of thiocarbonyl (C=S) groups is 1. The van der Waals surface area contributed by atoms with Crippen LogP contribution in [-0.2, 0) is 6.54 Å². The summed E-state index contributed by atoms with van der Waals surface area (Å²) in [6.07, 6.45) is 0. The van der Waals surface area contributed by atoms with Crippen LogP contribution in [0.1, 0.15) is 34.6 Å². The molecule has 0 saturated carbocycles. The van der Waals surface area contributed by atoms with E-state index in [-0.39, 0.29) is 11.4 Å². The lowest BCUT2D eigenvalue weighted by Crippen LogP contribution is -3.11. The molecule has 3 N–H and O–H groups in total. The quantitative estimate of drug-likeness (QED) is 0.536. The summed E-state index contributed by atoms with van der Waals surface area (Å²) in [5, 5.41) is 23.4. The van der Waals surface area contributed by atoms with Gasteiger partial charge in [0.25, 0.3) is 0 Å². The molecule has 0 amide bonds. The van der Waals surface area contributed by atoms with E-state index in [2.05, 4.69) is 29.4 Å². The molecule has 0 aliphatic heterocycles. The number of aromatic nitrogens is 1. The molecule has 0 aliphatic rings. The van der Waals surface area contributed by atoms with E-state index in [9.17, 15) is 5.11 Å². The van der Waals surface area contributed by atoms with Crippen molar-refractivity contribution in [3.8, 4) is 5.88 Å². The molecule has 0 bridgehead atoms. The molecule has 2 aromatic rings. The van der Waals surface area contributed by atoms with Crippen molar-refractivity contribution in [1.29, 1.82) is 0 Å². The van der Waals surface area contributed by atoms with E-state index < -0.39 is 0 Å². The van der Waals surface area contributed by atoms with Crippen molar-refractivity contribution in [2.75, 3.05) is 19.6 Å². The number of hydrogen-bond donors (Lipinski definition) is 3. The molecule has 7 heteroatoms. The van der Waals surface area contributed by atoms with Crippen LogP contribution in [0.3, 0.4) is 0 Å². The fourth-order valence-electron chi connectivity index (χ4n) is 2.91. The van der Waals surface area contributed by atoms with Gasteiger partial charge in [0, 0.05) is 10.9 Å². The molecule has 6 nitrogen and oxygen atoms in total. The van der Waals surface area contributed by atoms with Crippen molar-refractivity contribution in [3.05, 3.63) is 24.3 Å². The number of aromatic hydroxyl groups is 1. The van der Waals surface area contributed by atoms with E-state index in [1.807, 2.05) is 49.6 Å². The zero-order valence-electron chi connectivity index (χ0n) is 16.3. The van der Waals surface area contributed by atoms with Crippen LogP contribution in [0.2, 0.25) is 0 Å². The highest BCUT2D eigenvalue weighted by Gasteiger charge is 2.18. The molecule has 1 heterocycles. The highest BCUT2D eigenvalue weighted by molar-refractivity contribution is 7.80. The van der Waals surface area contributed by atoms with Gasteiger partial charge in [-0.1, -0.05) is 18.2 Å². The Labute approximate surface area is 160 Å². The van der Waals surface area contributed by atoms with E-state index in [1.165, 1.54) is 4.90 Å². The zero-order valence-corrected chi connectivity index (χ0v) is 17.2. The van der Waals surface area contributed by atoms with Crippen molar-refractivity contribution in [2.24, 2.45) is 10.2 Å². The Hall–Kier alpha value is -1.99. The monoisotopic (exact) mass is 376 g/mol. The van der Waals surface area contributed by atoms with Gasteiger partial charge in [-0.05, 0) is 52.9 Å². The average molecular weight is 377 g/mol. The summed E-state index contributed by atoms with van der Waals surface area (Å²) >= 11 is 5.23. The number of nitrogens with zero attached hydrogens (tertiary/aromatic N) is 3. The molecule has 0 aliphatic carbocycles. The largest absolute Gasteiger partial charge is 0.493 e. The SMILES string of the molecule is CC[NH+](CC)CCn1c(O)c(N=NC(=S)NC(C)(C)C)c2ccccc21. The van der Waals surface area contributed by atoms with Crippen LogP contribution in [0, 0.1) is 0 Å². The maximum atomic E-state index is 10.8. The van der Waals surface area contributed by atoms with Crippen LogP contribution in [0.4, 0.5) is 5.69 Å². The Bertz CT molecular complexity index is 787. The molecule has 142 valence electrons. The fraction of sp³-hybridized carbons (Fsp3) is 0.526. The lowest BCUT2D eigenvalue weighted by molar-refractivity contribution is -0.897. The van der Waals surface area contributed by atoms with Gasteiger partial charge in [0.05, 0.1) is 31.7 Å². The Kier molecular flexibility index (Phi) is 6.72. The van der Waals surface area contributed by atoms with Crippen molar-refractivity contribution >= 4 is 33.9 Å². The predicted molar refractivity (Wildman–Crippen MR) is 111 cm³/mol. The standard InChI is InChI=1S/C19H29N5OS/c1-6-23(7-2)12-13-24-15-11-9-8-10-14(15)16(17(24)25)21-22-18(26)20-19(3,4)5/h8-11,25H,6-7,12-13H2,1-5H3,(H,20,26)/p+1. The molecule has 0 unspecified atom stereocenters. The van der Waals surface area contributed by atoms with Crippen molar-refractivity contribution in [2.45, 2.75) is 46.7 Å². The van der Waals surface area contributed by atoms with Gasteiger partial charge < -0.3 is 19.9 Å². The number of hydrogen-bond acceptors (Lipinski definition) is 3. The summed E-state index contributed by atoms with van der Waals surface area (Å²) < 4.78 is 1.91. The highest BCUT2D eigenvalue weighted by Crippen LogP contribution is 2.38. The number of benzene rings is 1. The fourth-order valence-corrected chi connectivity index (χ4v) is 3.26. The number of nitrogens with one attached hydrogen (secondary N) is 2. The third kappa shape index (κ3) is 5.02. The van der Waals surface area contributed by atoms with Gasteiger partial charge in [0.2, 0.25) is 11.0 Å². The smallest absolute Gasteiger partial charge is 0.220 e. The van der Waals surface area contributed by atoms with Gasteiger partial charge in [-0.2, -0.15) is 0 Å². The molecular formula is C19H30N5OS+. The molecule has 26 heavy (non-hydrogen) atoms. The van der Waals surface area contributed by atoms with Crippen LogP contribution >= 0.6 is 12.2 Å². The number of rotatable bonds is 6. The number of para-hydroxylation sites is 1. The summed E-state index contributed by atoms with van der Waals surface area (Å²) in [4.78, 5) is 1.49. The second-order valence-corrected chi connectivity index (χ2v) is 7.81. The molecule has 0 atom stereocenters. The first-order chi connectivity index (χ1) is 12.3. The minimum Gasteiger partial charge on any atom is -0.493 e. The normalized spacial score (nSPS) is 12.4. The molecule has 0 saturated heterocycles. The Balaban J connectivity index is 2.32. The maximum absolute atomic E-state index is 10.8. The minimum atomic E-state index is -0.182. The van der Waals surface area contributed by atoms with Gasteiger partial charge in [-0.15, -0.1) is 10.2 Å². The lowest BCUT2D eigenvalue weighted by Gasteiger charge is -2.19. The first-order valence-corrected chi connectivity index (χ1v) is 9.55. The molecular weight excluding hydrogens is 346 g/mol. The van der Waals surface area contributed by atoms with Crippen molar-refractivity contribution in [3.63, 3.8) is 0 Å². The summed E-state index contributed by atoms with van der Waals surface area (Å²) in [7, 11) is 0. The maximum Gasteiger partial charge on any atom is 0.220 e. The number of likely N-dealkylation sites (N-methyl/N-ethyl adjacent to an activating group) is 1. The first kappa shape index (κ1) is 20.3. The minimum absolute atomic E-state index is 0.139. The average Bonchev–Trinajstić information content (AvgIpc) is 2.84. The van der Waals surface area contributed by atoms with Crippen LogP contribution in [0.25, 0.3) is 10.9 Å². The Morgan fingerprint density at radius 3 is 2.50 bits per heavy atom. The summed E-state index contributed by atoms with van der Waals surface area (Å²) in [5.74, 6) is 0.139. The van der Waals surface area contributed by atoms with Crippen LogP contribution in [0.15, 0.2) is 34.5 Å². The number of azo groups is 1. The molecule has 1 aromatic heterocycles. The van der Waals surface area contributed by atoms with E-state index >= 15 is 0 Å². The van der Waals surface area contributed by atoms with Crippen LogP contribution in [0.5, 0.6) is 5.88 Å². The molecule has 0 radical (unpaired) electrons. The first-order valence-electron chi connectivity index (χ1n) is 9.14. The van der Waals surface area contributed by atoms with Crippen LogP contribution in [-0.4, -0.2) is 40.0 Å². The lowest BCUT2D eigenvalue weighted by atomic mass is 10.1. The molecule has 0 spiro atoms. The van der Waals surface area contributed by atoms with E-state index in [1.54, 1.807) is 0 Å². The molecule has 1 aromatic carbocycles. The van der Waals surface area contributed by atoms with Gasteiger partial charge >= 0.3 is 0 Å². The van der Waals surface area contributed by atoms with Gasteiger partial charge in [0.1, 0.15) is 0 Å². The third-order valence-electron chi connectivity index (χ3n) is 4.33. The van der Waals surface area contributed by atoms with Crippen LogP contribution < -0.4 is 10.2 Å². The van der Waals surface area contributed by atoms with Gasteiger partial charge in [0.15, 0.2) is 5.69 Å². The number of fused-ring (bicyclic) bond motifs is 1. The Morgan fingerprint density at radius 2 is 1.88 bits per heavy atom. The second-order valence-electron chi connectivity index (χ2n) is 7.43. The number of quaternary nitrogens is 1. The zero-order chi connectivity index (χ0) is 19.3. The van der Waals surface area contributed by atoms with Gasteiger partial charge in [-0.3, -0.25) is 0 Å². The van der Waals surface area contributed by atoms with E-state index in [0.29, 0.717) is 10.8 Å². The van der Waals surface area contributed by atoms with E-state index in [0.717, 1.165) is 37.1 Å². The predicted octanol–water partition coefficient (Wildman–Crippen LogP) is 3.03. The van der Waals surface area contributed by atoms with Crippen molar-refractivity contribution < 1.29 is 10.0 Å². The highest BCUT2D eigenvalue weighted by atomic mass is 32.1. The summed E-state index contributed by atoms with van der Waals surface area (Å²) in [6, 6.07) is 7.85. The van der Waals surface area contributed by atoms with Gasteiger partial charge in [-0.25, -0.2) is 0 Å². The Morgan fingerprint density at radius 1 is 1.23 bits per heavy atom. The summed E-state index contributed by atoms with van der Waals surface area (Å²) in [5.41, 5.74) is 1.24. The topological polar surface area (TPSA) is 66.3 Å². The third-order valence-corrected chi connectivity index (χ3v) is 4.51. The molecule has 0 fully saturated rings. The van der Waals surface area contributed by atoms with E-state index in [4.69, 9.17) is 12.2 Å². The second kappa shape index (κ2) is 8.60. The van der Waals surface area contributed by atoms with Crippen molar-refractivity contribution in [1.82, 2.24) is 9.88 Å². The molecule has 2 rings (SSSR count). The summed E-state index contributed by atoms with van der Waals surface area (Å²) in [6.45, 7) is 14.2.